The second-order valence-electron chi connectivity index (χ2n) is 3.19. The van der Waals surface area contributed by atoms with Crippen molar-refractivity contribution < 1.29 is 14.6 Å². The molecule has 2 nitrogen and oxygen atoms in total. The van der Waals surface area contributed by atoms with E-state index in [0.29, 0.717) is 12.2 Å². The fourth-order valence-corrected chi connectivity index (χ4v) is 1.73. The summed E-state index contributed by atoms with van der Waals surface area (Å²) in [4.78, 5) is 0. The number of halogens is 2. The molecule has 0 radical (unpaired) electrons. The highest BCUT2D eigenvalue weighted by Crippen LogP contribution is 2.27. The molecular weight excluding hydrogens is 239 g/mol. The van der Waals surface area contributed by atoms with Gasteiger partial charge >= 0.3 is 0 Å². The Kier molecular flexibility index (Phi) is 4.86. The monoisotopic (exact) mass is 250 g/mol. The predicted octanol–water partition coefficient (Wildman–Crippen LogP) is 2.19. The smallest absolute Gasteiger partial charge is 0.123 e. The molecule has 2 unspecified atom stereocenters. The largest absolute Gasteiger partial charge is 0.390 e. The van der Waals surface area contributed by atoms with E-state index in [4.69, 9.17) is 11.6 Å². The maximum atomic E-state index is 12.9. The zero-order valence-corrected chi connectivity index (χ0v) is 9.55. The van der Waals surface area contributed by atoms with Gasteiger partial charge in [-0.1, -0.05) is 11.6 Å². The van der Waals surface area contributed by atoms with Crippen LogP contribution in [0, 0.1) is 5.82 Å². The summed E-state index contributed by atoms with van der Waals surface area (Å²) in [6, 6.07) is 3.67. The van der Waals surface area contributed by atoms with E-state index in [9.17, 15) is 14.6 Å². The van der Waals surface area contributed by atoms with Crippen LogP contribution in [0.4, 0.5) is 4.39 Å². The lowest BCUT2D eigenvalue weighted by Crippen LogP contribution is -2.19. The number of benzene rings is 1. The van der Waals surface area contributed by atoms with Crippen molar-refractivity contribution in [2.75, 3.05) is 5.75 Å². The molecule has 0 spiro atoms. The maximum Gasteiger partial charge on any atom is 0.123 e. The lowest BCUT2D eigenvalue weighted by atomic mass is 10.0. The minimum Gasteiger partial charge on any atom is -0.390 e. The van der Waals surface area contributed by atoms with Gasteiger partial charge in [-0.3, -0.25) is 0 Å². The molecule has 0 bridgehead atoms. The standard InChI is InChI=1S/C10H12ClFO2S/c11-8-2-1-6(12)5-7(8)10(14)9(13)3-4-15/h1-2,5,9-10,13-15H,3-4H2. The molecule has 0 aliphatic heterocycles. The topological polar surface area (TPSA) is 40.5 Å². The zero-order valence-electron chi connectivity index (χ0n) is 7.90. The van der Waals surface area contributed by atoms with Crippen molar-refractivity contribution in [1.82, 2.24) is 0 Å². The van der Waals surface area contributed by atoms with Gasteiger partial charge in [0.05, 0.1) is 6.10 Å². The van der Waals surface area contributed by atoms with Crippen LogP contribution in [0.2, 0.25) is 5.02 Å². The quantitative estimate of drug-likeness (QED) is 0.717. The molecule has 0 saturated carbocycles. The van der Waals surface area contributed by atoms with E-state index in [0.717, 1.165) is 6.07 Å². The number of hydrogen-bond acceptors (Lipinski definition) is 3. The van der Waals surface area contributed by atoms with Crippen LogP contribution >= 0.6 is 24.2 Å². The van der Waals surface area contributed by atoms with E-state index in [-0.39, 0.29) is 10.6 Å². The first kappa shape index (κ1) is 12.8. The molecule has 0 saturated heterocycles. The fraction of sp³-hybridized carbons (Fsp3) is 0.400. The summed E-state index contributed by atoms with van der Waals surface area (Å²) in [5.74, 6) is -0.0583. The van der Waals surface area contributed by atoms with E-state index >= 15 is 0 Å². The van der Waals surface area contributed by atoms with Crippen molar-refractivity contribution in [1.29, 1.82) is 0 Å². The number of hydrogen-bond donors (Lipinski definition) is 3. The Morgan fingerprint density at radius 3 is 2.67 bits per heavy atom. The minimum absolute atomic E-state index is 0.200. The molecule has 5 heteroatoms. The Morgan fingerprint density at radius 1 is 1.40 bits per heavy atom. The van der Waals surface area contributed by atoms with Crippen LogP contribution < -0.4 is 0 Å². The molecule has 1 aromatic carbocycles. The van der Waals surface area contributed by atoms with Crippen molar-refractivity contribution in [2.45, 2.75) is 18.6 Å². The average Bonchev–Trinajstić information content (AvgIpc) is 2.21. The van der Waals surface area contributed by atoms with Crippen LogP contribution in [0.3, 0.4) is 0 Å². The summed E-state index contributed by atoms with van der Waals surface area (Å²) in [6.07, 6.45) is -1.85. The molecule has 0 fully saturated rings. The van der Waals surface area contributed by atoms with E-state index < -0.39 is 18.0 Å². The van der Waals surface area contributed by atoms with Gasteiger partial charge in [-0.25, -0.2) is 4.39 Å². The van der Waals surface area contributed by atoms with Crippen LogP contribution in [-0.2, 0) is 0 Å². The molecule has 0 amide bonds. The summed E-state index contributed by atoms with van der Waals surface area (Å²) in [6.45, 7) is 0. The summed E-state index contributed by atoms with van der Waals surface area (Å²) in [5.41, 5.74) is 0.200. The number of aliphatic hydroxyl groups is 2. The Labute approximate surface area is 98.1 Å². The van der Waals surface area contributed by atoms with Gasteiger partial charge in [0.2, 0.25) is 0 Å². The van der Waals surface area contributed by atoms with Gasteiger partial charge in [-0.2, -0.15) is 12.6 Å². The lowest BCUT2D eigenvalue weighted by molar-refractivity contribution is 0.0171. The van der Waals surface area contributed by atoms with Gasteiger partial charge in [-0.15, -0.1) is 0 Å². The SMILES string of the molecule is OC(CCS)C(O)c1cc(F)ccc1Cl. The molecule has 1 rings (SSSR count). The van der Waals surface area contributed by atoms with E-state index in [1.54, 1.807) is 0 Å². The van der Waals surface area contributed by atoms with Crippen LogP contribution in [-0.4, -0.2) is 22.1 Å². The second kappa shape index (κ2) is 5.70. The van der Waals surface area contributed by atoms with Gasteiger partial charge in [0.15, 0.2) is 0 Å². The first-order chi connectivity index (χ1) is 7.06. The van der Waals surface area contributed by atoms with E-state index in [1.807, 2.05) is 0 Å². The summed E-state index contributed by atoms with van der Waals surface area (Å²) in [5, 5.41) is 19.4. The first-order valence-electron chi connectivity index (χ1n) is 4.48. The van der Waals surface area contributed by atoms with Gasteiger partial charge in [0.25, 0.3) is 0 Å². The Bertz CT molecular complexity index is 335. The number of rotatable bonds is 4. The van der Waals surface area contributed by atoms with Crippen molar-refractivity contribution in [3.63, 3.8) is 0 Å². The van der Waals surface area contributed by atoms with Crippen LogP contribution in [0.15, 0.2) is 18.2 Å². The normalized spacial score (nSPS) is 15.0. The van der Waals surface area contributed by atoms with E-state index in [1.165, 1.54) is 12.1 Å². The lowest BCUT2D eigenvalue weighted by Gasteiger charge is -2.18. The molecule has 84 valence electrons. The molecule has 0 aliphatic rings. The Hall–Kier alpha value is -0.290. The predicted molar refractivity (Wildman–Crippen MR) is 60.8 cm³/mol. The van der Waals surface area contributed by atoms with Gasteiger partial charge < -0.3 is 10.2 Å². The maximum absolute atomic E-state index is 12.9. The highest BCUT2D eigenvalue weighted by Gasteiger charge is 2.20. The van der Waals surface area contributed by atoms with Crippen LogP contribution in [0.1, 0.15) is 18.1 Å². The van der Waals surface area contributed by atoms with Crippen molar-refractivity contribution >= 4 is 24.2 Å². The molecule has 2 N–H and O–H groups in total. The summed E-state index contributed by atoms with van der Waals surface area (Å²) in [7, 11) is 0. The molecular formula is C10H12ClFO2S. The van der Waals surface area contributed by atoms with Gasteiger partial charge in [0.1, 0.15) is 11.9 Å². The third-order valence-corrected chi connectivity index (χ3v) is 2.67. The summed E-state index contributed by atoms with van der Waals surface area (Å²) >= 11 is 9.71. The molecule has 0 aromatic heterocycles. The highest BCUT2D eigenvalue weighted by atomic mass is 35.5. The van der Waals surface area contributed by atoms with Crippen LogP contribution in [0.25, 0.3) is 0 Å². The van der Waals surface area contributed by atoms with Gasteiger partial charge in [-0.05, 0) is 30.4 Å². The average molecular weight is 251 g/mol. The third-order valence-electron chi connectivity index (χ3n) is 2.07. The Balaban J connectivity index is 2.89. The minimum atomic E-state index is -1.18. The molecule has 2 atom stereocenters. The van der Waals surface area contributed by atoms with Crippen LogP contribution in [0.5, 0.6) is 0 Å². The van der Waals surface area contributed by atoms with Crippen molar-refractivity contribution in [2.24, 2.45) is 0 Å². The first-order valence-corrected chi connectivity index (χ1v) is 5.49. The number of thiol groups is 1. The van der Waals surface area contributed by atoms with Crippen molar-refractivity contribution in [3.05, 3.63) is 34.6 Å². The van der Waals surface area contributed by atoms with Crippen molar-refractivity contribution in [3.8, 4) is 0 Å². The molecule has 15 heavy (non-hydrogen) atoms. The van der Waals surface area contributed by atoms with E-state index in [2.05, 4.69) is 12.6 Å². The molecule has 0 heterocycles. The van der Waals surface area contributed by atoms with Gasteiger partial charge in [0, 0.05) is 10.6 Å². The zero-order chi connectivity index (χ0) is 11.4. The molecule has 0 aliphatic carbocycles. The number of aliphatic hydroxyl groups excluding tert-OH is 2. The Morgan fingerprint density at radius 2 is 2.07 bits per heavy atom. The highest BCUT2D eigenvalue weighted by molar-refractivity contribution is 7.80. The fourth-order valence-electron chi connectivity index (χ4n) is 1.24. The summed E-state index contributed by atoms with van der Waals surface area (Å²) < 4.78 is 12.9. The molecule has 1 aromatic rings. The second-order valence-corrected chi connectivity index (χ2v) is 4.04. The third kappa shape index (κ3) is 3.34.